The largest absolute Gasteiger partial charge is 0.480 e. The van der Waals surface area contributed by atoms with Gasteiger partial charge in [-0.25, -0.2) is 15.0 Å². The van der Waals surface area contributed by atoms with Gasteiger partial charge in [-0.2, -0.15) is 0 Å². The molecule has 7 nitrogen and oxygen atoms in total. The predicted molar refractivity (Wildman–Crippen MR) is 121 cm³/mol. The Hall–Kier alpha value is -2.42. The molecule has 0 unspecified atom stereocenters. The van der Waals surface area contributed by atoms with Crippen LogP contribution in [0.3, 0.4) is 0 Å². The fraction of sp³-hybridized carbons (Fsp3) is 0.364. The quantitative estimate of drug-likeness (QED) is 0.634. The van der Waals surface area contributed by atoms with Crippen molar-refractivity contribution in [2.24, 2.45) is 11.1 Å². The molecule has 1 aliphatic carbocycles. The number of methoxy groups -OCH3 is 1. The van der Waals surface area contributed by atoms with E-state index in [0.29, 0.717) is 10.9 Å². The summed E-state index contributed by atoms with van der Waals surface area (Å²) in [5.41, 5.74) is 9.13. The second-order valence-corrected chi connectivity index (χ2v) is 9.43. The Kier molecular flexibility index (Phi) is 5.45. The molecule has 0 amide bonds. The zero-order valence-electron chi connectivity index (χ0n) is 17.2. The summed E-state index contributed by atoms with van der Waals surface area (Å²) in [6, 6.07) is 6.01. The first kappa shape index (κ1) is 20.5. The topological polar surface area (TPSA) is 90.1 Å². The molecule has 3 aromatic rings. The summed E-state index contributed by atoms with van der Waals surface area (Å²) in [5, 5.41) is 1.25. The molecule has 1 spiro atoms. The second kappa shape index (κ2) is 8.26. The van der Waals surface area contributed by atoms with Gasteiger partial charge in [-0.15, -0.1) is 0 Å². The summed E-state index contributed by atoms with van der Waals surface area (Å²) in [4.78, 5) is 21.0. The lowest BCUT2D eigenvalue weighted by molar-refractivity contribution is 0.186. The minimum Gasteiger partial charge on any atom is -0.480 e. The fourth-order valence-corrected chi connectivity index (χ4v) is 5.64. The summed E-state index contributed by atoms with van der Waals surface area (Å²) in [6.45, 7) is 1.83. The summed E-state index contributed by atoms with van der Waals surface area (Å²) >= 11 is 7.78. The molecular formula is C22H23ClN6OS. The van der Waals surface area contributed by atoms with Crippen molar-refractivity contribution in [1.29, 1.82) is 0 Å². The molecule has 1 saturated heterocycles. The van der Waals surface area contributed by atoms with Gasteiger partial charge in [0.15, 0.2) is 0 Å². The van der Waals surface area contributed by atoms with E-state index in [2.05, 4.69) is 30.9 Å². The molecule has 1 aliphatic heterocycles. The standard InChI is InChI=1S/C22H23ClN6OS/c1-30-21-19(23)16(4-8-26-21)31-18-13-27-17(12-28-18)29-9-5-22(6-10-29)11-15-14(20(22)24)3-2-7-25-15/h2-4,7-8,12-13,20H,5-6,9-11,24H2,1H3/t20-/m1/s1. The number of nitrogens with two attached hydrogens (primary N) is 1. The number of nitrogens with zero attached hydrogens (tertiary/aromatic N) is 5. The number of hydrogen-bond acceptors (Lipinski definition) is 8. The number of pyridine rings is 2. The Morgan fingerprint density at radius 1 is 1.13 bits per heavy atom. The number of rotatable bonds is 4. The van der Waals surface area contributed by atoms with Crippen LogP contribution in [0.1, 0.15) is 30.1 Å². The van der Waals surface area contributed by atoms with E-state index in [-0.39, 0.29) is 11.5 Å². The van der Waals surface area contributed by atoms with Crippen LogP contribution in [0.15, 0.2) is 52.9 Å². The van der Waals surface area contributed by atoms with Crippen molar-refractivity contribution >= 4 is 29.2 Å². The SMILES string of the molecule is COc1nccc(Sc2cnc(N3CCC4(CC3)Cc3ncccc3[C@H]4N)cn2)c1Cl. The second-order valence-electron chi connectivity index (χ2n) is 7.99. The van der Waals surface area contributed by atoms with Crippen molar-refractivity contribution in [1.82, 2.24) is 19.9 Å². The fourth-order valence-electron chi connectivity index (χ4n) is 4.59. The first-order chi connectivity index (χ1) is 15.1. The Labute approximate surface area is 190 Å². The van der Waals surface area contributed by atoms with E-state index in [1.807, 2.05) is 24.5 Å². The molecule has 160 valence electrons. The maximum Gasteiger partial charge on any atom is 0.233 e. The molecule has 1 atom stereocenters. The molecule has 4 heterocycles. The lowest BCUT2D eigenvalue weighted by Gasteiger charge is -2.42. The molecule has 5 rings (SSSR count). The molecule has 0 radical (unpaired) electrons. The summed E-state index contributed by atoms with van der Waals surface area (Å²) in [6.07, 6.45) is 10.2. The van der Waals surface area contributed by atoms with Gasteiger partial charge in [0.05, 0.1) is 19.5 Å². The van der Waals surface area contributed by atoms with Crippen molar-refractivity contribution in [2.75, 3.05) is 25.1 Å². The first-order valence-corrected chi connectivity index (χ1v) is 11.4. The molecule has 31 heavy (non-hydrogen) atoms. The van der Waals surface area contributed by atoms with Crippen LogP contribution in [0.4, 0.5) is 5.82 Å². The molecule has 2 aliphatic rings. The summed E-state index contributed by atoms with van der Waals surface area (Å²) in [7, 11) is 1.55. The van der Waals surface area contributed by atoms with Gasteiger partial charge in [0.1, 0.15) is 15.9 Å². The number of aromatic nitrogens is 4. The van der Waals surface area contributed by atoms with Gasteiger partial charge in [0.2, 0.25) is 5.88 Å². The van der Waals surface area contributed by atoms with Gasteiger partial charge in [-0.05, 0) is 42.4 Å². The van der Waals surface area contributed by atoms with Gasteiger partial charge in [-0.1, -0.05) is 29.4 Å². The molecule has 1 fully saturated rings. The van der Waals surface area contributed by atoms with Gasteiger partial charge < -0.3 is 15.4 Å². The lowest BCUT2D eigenvalue weighted by Crippen LogP contribution is -2.44. The van der Waals surface area contributed by atoms with Crippen LogP contribution in [0.25, 0.3) is 0 Å². The van der Waals surface area contributed by atoms with E-state index in [4.69, 9.17) is 22.1 Å². The zero-order valence-corrected chi connectivity index (χ0v) is 18.7. The molecular weight excluding hydrogens is 432 g/mol. The number of anilines is 1. The number of hydrogen-bond donors (Lipinski definition) is 1. The highest BCUT2D eigenvalue weighted by Gasteiger charge is 2.46. The molecule has 0 aromatic carbocycles. The maximum absolute atomic E-state index is 6.65. The van der Waals surface area contributed by atoms with Crippen LogP contribution >= 0.6 is 23.4 Å². The highest BCUT2D eigenvalue weighted by Crippen LogP contribution is 2.50. The minimum atomic E-state index is 0.0605. The van der Waals surface area contributed by atoms with Crippen LogP contribution < -0.4 is 15.4 Å². The van der Waals surface area contributed by atoms with Crippen LogP contribution in [-0.4, -0.2) is 40.1 Å². The Morgan fingerprint density at radius 2 is 1.97 bits per heavy atom. The normalized spacial score (nSPS) is 19.5. The van der Waals surface area contributed by atoms with Crippen molar-refractivity contribution < 1.29 is 4.74 Å². The predicted octanol–water partition coefficient (Wildman–Crippen LogP) is 3.92. The van der Waals surface area contributed by atoms with Crippen LogP contribution in [0.5, 0.6) is 5.88 Å². The van der Waals surface area contributed by atoms with Gasteiger partial charge in [-0.3, -0.25) is 4.98 Å². The van der Waals surface area contributed by atoms with Crippen LogP contribution in [0.2, 0.25) is 5.02 Å². The molecule has 2 N–H and O–H groups in total. The van der Waals surface area contributed by atoms with E-state index >= 15 is 0 Å². The smallest absolute Gasteiger partial charge is 0.233 e. The molecule has 9 heteroatoms. The minimum absolute atomic E-state index is 0.0605. The van der Waals surface area contributed by atoms with Crippen molar-refractivity contribution in [3.05, 3.63) is 59.3 Å². The van der Waals surface area contributed by atoms with Crippen molar-refractivity contribution in [3.8, 4) is 5.88 Å². The van der Waals surface area contributed by atoms with E-state index in [1.54, 1.807) is 19.5 Å². The monoisotopic (exact) mass is 454 g/mol. The average Bonchev–Trinajstić information content (AvgIpc) is 3.08. The number of fused-ring (bicyclic) bond motifs is 1. The Bertz CT molecular complexity index is 1090. The highest BCUT2D eigenvalue weighted by molar-refractivity contribution is 7.99. The van der Waals surface area contributed by atoms with Gasteiger partial charge >= 0.3 is 0 Å². The first-order valence-electron chi connectivity index (χ1n) is 10.2. The average molecular weight is 455 g/mol. The van der Waals surface area contributed by atoms with Crippen LogP contribution in [-0.2, 0) is 6.42 Å². The Morgan fingerprint density at radius 3 is 2.68 bits per heavy atom. The third kappa shape index (κ3) is 3.73. The van der Waals surface area contributed by atoms with Crippen molar-refractivity contribution in [2.45, 2.75) is 35.2 Å². The number of piperidine rings is 1. The maximum atomic E-state index is 6.65. The molecule has 3 aromatic heterocycles. The van der Waals surface area contributed by atoms with E-state index in [1.165, 1.54) is 17.3 Å². The highest BCUT2D eigenvalue weighted by atomic mass is 35.5. The third-order valence-electron chi connectivity index (χ3n) is 6.37. The Balaban J connectivity index is 1.25. The van der Waals surface area contributed by atoms with E-state index in [0.717, 1.165) is 53.8 Å². The van der Waals surface area contributed by atoms with Gasteiger partial charge in [0, 0.05) is 42.1 Å². The molecule has 0 saturated carbocycles. The zero-order chi connectivity index (χ0) is 21.4. The van der Waals surface area contributed by atoms with E-state index in [9.17, 15) is 0 Å². The summed E-state index contributed by atoms with van der Waals surface area (Å²) in [5.74, 6) is 1.29. The van der Waals surface area contributed by atoms with E-state index < -0.39 is 0 Å². The molecule has 0 bridgehead atoms. The third-order valence-corrected chi connectivity index (χ3v) is 7.82. The number of ether oxygens (including phenoxy) is 1. The summed E-state index contributed by atoms with van der Waals surface area (Å²) < 4.78 is 5.18. The number of halogens is 1. The van der Waals surface area contributed by atoms with Gasteiger partial charge in [0.25, 0.3) is 0 Å². The van der Waals surface area contributed by atoms with Crippen molar-refractivity contribution in [3.63, 3.8) is 0 Å². The lowest BCUT2D eigenvalue weighted by atomic mass is 9.73. The van der Waals surface area contributed by atoms with Crippen LogP contribution in [0, 0.1) is 5.41 Å².